The Morgan fingerprint density at radius 2 is 1.50 bits per heavy atom. The molecule has 0 saturated heterocycles. The fourth-order valence-corrected chi connectivity index (χ4v) is 2.88. The van der Waals surface area contributed by atoms with E-state index >= 15 is 0 Å². The van der Waals surface area contributed by atoms with E-state index < -0.39 is 12.2 Å². The van der Waals surface area contributed by atoms with Crippen LogP contribution in [0.4, 0.5) is 31.0 Å². The molecule has 0 radical (unpaired) electrons. The molecule has 2 amide bonds. The molecule has 0 atom stereocenters. The number of hydrogen-bond donors (Lipinski definition) is 2. The first-order valence-corrected chi connectivity index (χ1v) is 9.97. The molecular weight excluding hydrogens is 389 g/mol. The molecular formula is C22H28FN3O4. The van der Waals surface area contributed by atoms with Crippen LogP contribution in [-0.4, -0.2) is 31.9 Å². The smallest absolute Gasteiger partial charge is 0.411 e. The predicted octanol–water partition coefficient (Wildman–Crippen LogP) is 5.38. The second kappa shape index (κ2) is 11.6. The van der Waals surface area contributed by atoms with Gasteiger partial charge in [-0.05, 0) is 56.2 Å². The molecule has 0 aliphatic heterocycles. The number of carbonyl (C=O) groups excluding carboxylic acids is 2. The number of hydrogen-bond acceptors (Lipinski definition) is 5. The summed E-state index contributed by atoms with van der Waals surface area (Å²) in [5, 5.41) is 5.28. The van der Waals surface area contributed by atoms with Gasteiger partial charge in [-0.2, -0.15) is 0 Å². The normalized spacial score (nSPS) is 10.3. The van der Waals surface area contributed by atoms with Crippen LogP contribution in [0.1, 0.15) is 32.8 Å². The molecule has 2 aromatic rings. The van der Waals surface area contributed by atoms with Crippen molar-refractivity contribution in [1.29, 1.82) is 0 Å². The third kappa shape index (κ3) is 6.95. The number of rotatable bonds is 9. The average Bonchev–Trinajstić information content (AvgIpc) is 2.71. The zero-order valence-corrected chi connectivity index (χ0v) is 17.5. The van der Waals surface area contributed by atoms with Gasteiger partial charge in [0.1, 0.15) is 5.82 Å². The van der Waals surface area contributed by atoms with Gasteiger partial charge >= 0.3 is 12.2 Å². The molecule has 0 heterocycles. The van der Waals surface area contributed by atoms with Crippen molar-refractivity contribution < 1.29 is 23.5 Å². The minimum absolute atomic E-state index is 0.221. The van der Waals surface area contributed by atoms with E-state index in [1.54, 1.807) is 38.1 Å². The molecule has 2 rings (SSSR count). The molecule has 0 aliphatic rings. The standard InChI is InChI=1S/C22H28FN3O4/c1-4-13-26(15-16-7-9-17(23)10-8-16)18-11-12-19(24-21(27)29-5-2)20(14-18)25-22(28)30-6-3/h7-12,14H,4-6,13,15H2,1-3H3,(H,24,27)(H,25,28). The minimum Gasteiger partial charge on any atom is -0.450 e. The molecule has 2 N–H and O–H groups in total. The highest BCUT2D eigenvalue weighted by atomic mass is 19.1. The Morgan fingerprint density at radius 1 is 0.900 bits per heavy atom. The molecule has 0 fully saturated rings. The summed E-state index contributed by atoms with van der Waals surface area (Å²) >= 11 is 0. The summed E-state index contributed by atoms with van der Waals surface area (Å²) in [5.41, 5.74) is 2.57. The van der Waals surface area contributed by atoms with Crippen molar-refractivity contribution in [2.45, 2.75) is 33.7 Å². The van der Waals surface area contributed by atoms with Gasteiger partial charge in [-0.15, -0.1) is 0 Å². The molecule has 0 unspecified atom stereocenters. The Balaban J connectivity index is 2.32. The van der Waals surface area contributed by atoms with Gasteiger partial charge in [0.15, 0.2) is 0 Å². The summed E-state index contributed by atoms with van der Waals surface area (Å²) < 4.78 is 23.1. The summed E-state index contributed by atoms with van der Waals surface area (Å²) in [6.45, 7) is 7.24. The van der Waals surface area contributed by atoms with E-state index in [1.165, 1.54) is 12.1 Å². The number of benzene rings is 2. The van der Waals surface area contributed by atoms with Crippen molar-refractivity contribution in [3.8, 4) is 0 Å². The summed E-state index contributed by atoms with van der Waals surface area (Å²) in [6.07, 6.45) is -0.346. The van der Waals surface area contributed by atoms with Crippen LogP contribution in [-0.2, 0) is 16.0 Å². The molecule has 0 saturated carbocycles. The second-order valence-electron chi connectivity index (χ2n) is 6.47. The fourth-order valence-electron chi connectivity index (χ4n) is 2.88. The van der Waals surface area contributed by atoms with Crippen LogP contribution in [0.15, 0.2) is 42.5 Å². The molecule has 7 nitrogen and oxygen atoms in total. The Morgan fingerprint density at radius 3 is 2.07 bits per heavy atom. The number of ether oxygens (including phenoxy) is 2. The number of amides is 2. The first-order chi connectivity index (χ1) is 14.5. The van der Waals surface area contributed by atoms with Gasteiger partial charge in [-0.25, -0.2) is 14.0 Å². The molecule has 162 valence electrons. The van der Waals surface area contributed by atoms with Crippen LogP contribution >= 0.6 is 0 Å². The molecule has 0 spiro atoms. The van der Waals surface area contributed by atoms with E-state index in [4.69, 9.17) is 9.47 Å². The van der Waals surface area contributed by atoms with Gasteiger partial charge in [0, 0.05) is 18.8 Å². The highest BCUT2D eigenvalue weighted by Crippen LogP contribution is 2.29. The van der Waals surface area contributed by atoms with Gasteiger partial charge in [-0.1, -0.05) is 19.1 Å². The molecule has 2 aromatic carbocycles. The monoisotopic (exact) mass is 417 g/mol. The SMILES string of the molecule is CCCN(Cc1ccc(F)cc1)c1ccc(NC(=O)OCC)c(NC(=O)OCC)c1. The summed E-state index contributed by atoms with van der Waals surface area (Å²) in [4.78, 5) is 25.9. The zero-order chi connectivity index (χ0) is 21.9. The van der Waals surface area contributed by atoms with Gasteiger partial charge in [0.2, 0.25) is 0 Å². The first-order valence-electron chi connectivity index (χ1n) is 9.97. The van der Waals surface area contributed by atoms with Crippen molar-refractivity contribution in [1.82, 2.24) is 0 Å². The number of nitrogens with zero attached hydrogens (tertiary/aromatic N) is 1. The third-order valence-corrected chi connectivity index (χ3v) is 4.17. The maximum Gasteiger partial charge on any atom is 0.411 e. The summed E-state index contributed by atoms with van der Waals surface area (Å²) in [5.74, 6) is -0.281. The first kappa shape index (κ1) is 23.0. The Kier molecular flexibility index (Phi) is 8.93. The lowest BCUT2D eigenvalue weighted by Gasteiger charge is -2.26. The number of nitrogens with one attached hydrogen (secondary N) is 2. The van der Waals surface area contributed by atoms with E-state index in [9.17, 15) is 14.0 Å². The van der Waals surface area contributed by atoms with E-state index in [0.717, 1.165) is 24.2 Å². The molecule has 0 aliphatic carbocycles. The van der Waals surface area contributed by atoms with Crippen molar-refractivity contribution in [3.63, 3.8) is 0 Å². The molecule has 8 heteroatoms. The van der Waals surface area contributed by atoms with Crippen LogP contribution < -0.4 is 15.5 Å². The topological polar surface area (TPSA) is 79.9 Å². The maximum absolute atomic E-state index is 13.2. The maximum atomic E-state index is 13.2. The third-order valence-electron chi connectivity index (χ3n) is 4.17. The quantitative estimate of drug-likeness (QED) is 0.573. The minimum atomic E-state index is -0.623. The molecule has 30 heavy (non-hydrogen) atoms. The van der Waals surface area contributed by atoms with Crippen molar-refractivity contribution in [2.24, 2.45) is 0 Å². The Bertz CT molecular complexity index is 843. The highest BCUT2D eigenvalue weighted by molar-refractivity contribution is 5.96. The largest absolute Gasteiger partial charge is 0.450 e. The Labute approximate surface area is 176 Å². The van der Waals surface area contributed by atoms with E-state index in [1.807, 2.05) is 6.07 Å². The van der Waals surface area contributed by atoms with Gasteiger partial charge in [-0.3, -0.25) is 10.6 Å². The molecule has 0 aromatic heterocycles. The number of halogens is 1. The second-order valence-corrected chi connectivity index (χ2v) is 6.47. The summed E-state index contributed by atoms with van der Waals surface area (Å²) in [6, 6.07) is 11.6. The van der Waals surface area contributed by atoms with E-state index in [2.05, 4.69) is 22.5 Å². The number of anilines is 3. The van der Waals surface area contributed by atoms with Crippen molar-refractivity contribution in [2.75, 3.05) is 35.3 Å². The van der Waals surface area contributed by atoms with Crippen molar-refractivity contribution in [3.05, 3.63) is 53.8 Å². The van der Waals surface area contributed by atoms with Crippen LogP contribution in [0.2, 0.25) is 0 Å². The zero-order valence-electron chi connectivity index (χ0n) is 17.5. The predicted molar refractivity (Wildman–Crippen MR) is 115 cm³/mol. The lowest BCUT2D eigenvalue weighted by Crippen LogP contribution is -2.24. The fraction of sp³-hybridized carbons (Fsp3) is 0.364. The molecule has 0 bridgehead atoms. The van der Waals surface area contributed by atoms with Gasteiger partial charge < -0.3 is 14.4 Å². The number of carbonyl (C=O) groups is 2. The van der Waals surface area contributed by atoms with Crippen LogP contribution in [0.25, 0.3) is 0 Å². The van der Waals surface area contributed by atoms with Crippen LogP contribution in [0.5, 0.6) is 0 Å². The lowest BCUT2D eigenvalue weighted by atomic mass is 10.1. The lowest BCUT2D eigenvalue weighted by molar-refractivity contribution is 0.166. The van der Waals surface area contributed by atoms with Crippen molar-refractivity contribution >= 4 is 29.2 Å². The van der Waals surface area contributed by atoms with Gasteiger partial charge in [0.25, 0.3) is 0 Å². The van der Waals surface area contributed by atoms with Gasteiger partial charge in [0.05, 0.1) is 24.6 Å². The highest BCUT2D eigenvalue weighted by Gasteiger charge is 2.15. The van der Waals surface area contributed by atoms with Crippen LogP contribution in [0.3, 0.4) is 0 Å². The average molecular weight is 417 g/mol. The van der Waals surface area contributed by atoms with Crippen LogP contribution in [0, 0.1) is 5.82 Å². The van der Waals surface area contributed by atoms with E-state index in [-0.39, 0.29) is 19.0 Å². The Hall–Kier alpha value is -3.29. The summed E-state index contributed by atoms with van der Waals surface area (Å²) in [7, 11) is 0. The van der Waals surface area contributed by atoms with E-state index in [0.29, 0.717) is 17.9 Å².